The fourth-order valence-electron chi connectivity index (χ4n) is 1.84. The molecule has 0 spiro atoms. The quantitative estimate of drug-likeness (QED) is 0.520. The lowest BCUT2D eigenvalue weighted by molar-refractivity contribution is -0.104. The molecule has 2 heteroatoms. The number of benzene rings is 1. The second kappa shape index (κ2) is 3.66. The number of likely N-dealkylation sites (N-methyl/N-ethyl adjacent to an activating group) is 1. The summed E-state index contributed by atoms with van der Waals surface area (Å²) in [6.07, 6.45) is 5.28. The number of rotatable bonds is 2. The minimum absolute atomic E-state index is 0.805. The molecule has 1 aliphatic rings. The number of nitrogens with zero attached hydrogens (tertiary/aromatic N) is 1. The first-order valence-corrected chi connectivity index (χ1v) is 4.77. The van der Waals surface area contributed by atoms with Gasteiger partial charge < -0.3 is 4.90 Å². The molecule has 0 radical (unpaired) electrons. The molecule has 2 nitrogen and oxygen atoms in total. The molecule has 0 atom stereocenters. The molecule has 2 rings (SSSR count). The first-order valence-electron chi connectivity index (χ1n) is 4.77. The van der Waals surface area contributed by atoms with Crippen LogP contribution >= 0.6 is 0 Å². The first kappa shape index (κ1) is 9.00. The standard InChI is InChI=1S/C12H13NO/c1-13-7-6-11-9-10(3-2-8-14)4-5-12(11)13/h2-5,8-9H,6-7H2,1H3/b3-2+. The normalized spacial score (nSPS) is 14.8. The summed E-state index contributed by atoms with van der Waals surface area (Å²) in [5.41, 5.74) is 3.79. The number of anilines is 1. The van der Waals surface area contributed by atoms with Gasteiger partial charge in [-0.2, -0.15) is 0 Å². The molecule has 0 aromatic heterocycles. The van der Waals surface area contributed by atoms with Gasteiger partial charge in [0.1, 0.15) is 6.29 Å². The van der Waals surface area contributed by atoms with Gasteiger partial charge in [-0.3, -0.25) is 4.79 Å². The van der Waals surface area contributed by atoms with E-state index in [1.807, 2.05) is 12.1 Å². The van der Waals surface area contributed by atoms with E-state index in [1.54, 1.807) is 0 Å². The van der Waals surface area contributed by atoms with Crippen LogP contribution in [0.25, 0.3) is 6.08 Å². The van der Waals surface area contributed by atoms with Crippen LogP contribution in [0.4, 0.5) is 5.69 Å². The van der Waals surface area contributed by atoms with Crippen LogP contribution < -0.4 is 4.90 Å². The highest BCUT2D eigenvalue weighted by atomic mass is 16.1. The van der Waals surface area contributed by atoms with Gasteiger partial charge in [0.25, 0.3) is 0 Å². The van der Waals surface area contributed by atoms with Gasteiger partial charge in [0.2, 0.25) is 0 Å². The number of aldehydes is 1. The summed E-state index contributed by atoms with van der Waals surface area (Å²) < 4.78 is 0. The largest absolute Gasteiger partial charge is 0.374 e. The summed E-state index contributed by atoms with van der Waals surface area (Å²) >= 11 is 0. The predicted octanol–water partition coefficient (Wildman–Crippen LogP) is 1.89. The summed E-state index contributed by atoms with van der Waals surface area (Å²) in [5, 5.41) is 0. The Bertz CT molecular complexity index is 382. The molecule has 14 heavy (non-hydrogen) atoms. The van der Waals surface area contributed by atoms with Crippen molar-refractivity contribution in [3.63, 3.8) is 0 Å². The molecule has 72 valence electrons. The maximum absolute atomic E-state index is 10.2. The van der Waals surface area contributed by atoms with Crippen molar-refractivity contribution >= 4 is 18.0 Å². The fourth-order valence-corrected chi connectivity index (χ4v) is 1.84. The Hall–Kier alpha value is -1.57. The van der Waals surface area contributed by atoms with Crippen LogP contribution in [-0.4, -0.2) is 19.9 Å². The predicted molar refractivity (Wildman–Crippen MR) is 58.5 cm³/mol. The molecule has 0 fully saturated rings. The van der Waals surface area contributed by atoms with Crippen LogP contribution in [0.1, 0.15) is 11.1 Å². The number of hydrogen-bond acceptors (Lipinski definition) is 2. The number of fused-ring (bicyclic) bond motifs is 1. The maximum Gasteiger partial charge on any atom is 0.142 e. The molecule has 0 N–H and O–H groups in total. The van der Waals surface area contributed by atoms with Gasteiger partial charge in [0.15, 0.2) is 0 Å². The summed E-state index contributed by atoms with van der Waals surface area (Å²) in [4.78, 5) is 12.4. The van der Waals surface area contributed by atoms with E-state index in [2.05, 4.69) is 24.1 Å². The van der Waals surface area contributed by atoms with Crippen LogP contribution in [0.15, 0.2) is 24.3 Å². The van der Waals surface area contributed by atoms with Crippen LogP contribution in [0.2, 0.25) is 0 Å². The average molecular weight is 187 g/mol. The minimum atomic E-state index is 0.805. The van der Waals surface area contributed by atoms with E-state index < -0.39 is 0 Å². The maximum atomic E-state index is 10.2. The molecule has 0 unspecified atom stereocenters. The van der Waals surface area contributed by atoms with Crippen molar-refractivity contribution in [2.24, 2.45) is 0 Å². The summed E-state index contributed by atoms with van der Waals surface area (Å²) in [7, 11) is 2.10. The van der Waals surface area contributed by atoms with Gasteiger partial charge in [-0.05, 0) is 35.8 Å². The first-order chi connectivity index (χ1) is 6.81. The number of carbonyl (C=O) groups is 1. The Kier molecular flexibility index (Phi) is 2.35. The molecule has 0 amide bonds. The van der Waals surface area contributed by atoms with Crippen molar-refractivity contribution in [3.8, 4) is 0 Å². The van der Waals surface area contributed by atoms with E-state index >= 15 is 0 Å². The zero-order valence-corrected chi connectivity index (χ0v) is 8.23. The number of allylic oxidation sites excluding steroid dienone is 1. The van der Waals surface area contributed by atoms with Crippen molar-refractivity contribution < 1.29 is 4.79 Å². The highest BCUT2D eigenvalue weighted by Gasteiger charge is 2.14. The lowest BCUT2D eigenvalue weighted by Crippen LogP contribution is -2.12. The van der Waals surface area contributed by atoms with Crippen molar-refractivity contribution in [1.29, 1.82) is 0 Å². The summed E-state index contributed by atoms with van der Waals surface area (Å²) in [6, 6.07) is 6.31. The van der Waals surface area contributed by atoms with Crippen molar-refractivity contribution in [2.75, 3.05) is 18.5 Å². The molecule has 0 saturated carbocycles. The molecule has 1 aromatic rings. The molecule has 0 bridgehead atoms. The molecule has 1 aromatic carbocycles. The van der Waals surface area contributed by atoms with E-state index in [9.17, 15) is 4.79 Å². The molecular formula is C12H13NO. The second-order valence-electron chi connectivity index (χ2n) is 3.55. The third-order valence-corrected chi connectivity index (χ3v) is 2.60. The van der Waals surface area contributed by atoms with Crippen LogP contribution in [0.5, 0.6) is 0 Å². The lowest BCUT2D eigenvalue weighted by atomic mass is 10.1. The highest BCUT2D eigenvalue weighted by molar-refractivity contribution is 5.75. The van der Waals surface area contributed by atoms with Crippen LogP contribution in [0, 0.1) is 0 Å². The number of hydrogen-bond donors (Lipinski definition) is 0. The fraction of sp³-hybridized carbons (Fsp3) is 0.250. The van der Waals surface area contributed by atoms with E-state index in [1.165, 1.54) is 17.3 Å². The highest BCUT2D eigenvalue weighted by Crippen LogP contribution is 2.27. The monoisotopic (exact) mass is 187 g/mol. The topological polar surface area (TPSA) is 20.3 Å². The van der Waals surface area contributed by atoms with E-state index in [0.29, 0.717) is 0 Å². The van der Waals surface area contributed by atoms with Gasteiger partial charge in [-0.1, -0.05) is 12.1 Å². The van der Waals surface area contributed by atoms with Crippen LogP contribution in [-0.2, 0) is 11.2 Å². The third-order valence-electron chi connectivity index (χ3n) is 2.60. The molecule has 1 aliphatic heterocycles. The van der Waals surface area contributed by atoms with Gasteiger partial charge in [0, 0.05) is 19.3 Å². The smallest absolute Gasteiger partial charge is 0.142 e. The van der Waals surface area contributed by atoms with Crippen molar-refractivity contribution in [3.05, 3.63) is 35.4 Å². The Morgan fingerprint density at radius 1 is 1.43 bits per heavy atom. The molecule has 0 aliphatic carbocycles. The number of carbonyl (C=O) groups excluding carboxylic acids is 1. The molecule has 0 saturated heterocycles. The van der Waals surface area contributed by atoms with E-state index in [-0.39, 0.29) is 0 Å². The Balaban J connectivity index is 2.32. The van der Waals surface area contributed by atoms with Gasteiger partial charge in [0.05, 0.1) is 0 Å². The van der Waals surface area contributed by atoms with Crippen LogP contribution in [0.3, 0.4) is 0 Å². The minimum Gasteiger partial charge on any atom is -0.374 e. The second-order valence-corrected chi connectivity index (χ2v) is 3.55. The zero-order chi connectivity index (χ0) is 9.97. The summed E-state index contributed by atoms with van der Waals surface area (Å²) in [5.74, 6) is 0. The zero-order valence-electron chi connectivity index (χ0n) is 8.23. The van der Waals surface area contributed by atoms with Gasteiger partial charge in [-0.25, -0.2) is 0 Å². The SMILES string of the molecule is CN1CCc2cc(/C=C/C=O)ccc21. The lowest BCUT2D eigenvalue weighted by Gasteiger charge is -2.11. The van der Waals surface area contributed by atoms with Crippen molar-refractivity contribution in [2.45, 2.75) is 6.42 Å². The molecule has 1 heterocycles. The summed E-state index contributed by atoms with van der Waals surface area (Å²) in [6.45, 7) is 1.09. The van der Waals surface area contributed by atoms with Gasteiger partial charge in [-0.15, -0.1) is 0 Å². The average Bonchev–Trinajstić information content (AvgIpc) is 2.57. The van der Waals surface area contributed by atoms with Gasteiger partial charge >= 0.3 is 0 Å². The Morgan fingerprint density at radius 2 is 2.29 bits per heavy atom. The van der Waals surface area contributed by atoms with E-state index in [0.717, 1.165) is 24.8 Å². The molecular weight excluding hydrogens is 174 g/mol. The third kappa shape index (κ3) is 1.55. The Morgan fingerprint density at radius 3 is 3.07 bits per heavy atom. The van der Waals surface area contributed by atoms with Crippen molar-refractivity contribution in [1.82, 2.24) is 0 Å². The Labute approximate surface area is 83.8 Å². The van der Waals surface area contributed by atoms with E-state index in [4.69, 9.17) is 0 Å².